The SMILES string of the molecule is CCOC(=O)C[C@H](O)CC(=O)/C=C/c1c(-c2ccc(F)cc2)nc(N(C)S(C)(=O)=O)nc1C(C)C. The molecule has 1 aromatic heterocycles. The number of aromatic nitrogens is 2. The third kappa shape index (κ3) is 7.93. The van der Waals surface area contributed by atoms with Crippen LogP contribution < -0.4 is 4.31 Å². The average molecular weight is 508 g/mol. The molecule has 0 saturated carbocycles. The minimum Gasteiger partial charge on any atom is -0.466 e. The van der Waals surface area contributed by atoms with Crippen molar-refractivity contribution >= 4 is 33.8 Å². The van der Waals surface area contributed by atoms with E-state index in [1.165, 1.54) is 43.5 Å². The van der Waals surface area contributed by atoms with Gasteiger partial charge in [-0.1, -0.05) is 13.8 Å². The normalized spacial score (nSPS) is 12.7. The third-order valence-electron chi connectivity index (χ3n) is 4.99. The number of carbonyl (C=O) groups is 2. The Morgan fingerprint density at radius 1 is 1.17 bits per heavy atom. The fourth-order valence-electron chi connectivity index (χ4n) is 3.16. The van der Waals surface area contributed by atoms with Crippen LogP contribution in [0.15, 0.2) is 30.3 Å². The quantitative estimate of drug-likeness (QED) is 0.363. The van der Waals surface area contributed by atoms with Crippen LogP contribution in [0, 0.1) is 5.82 Å². The maximum atomic E-state index is 13.6. The molecule has 1 aromatic carbocycles. The summed E-state index contributed by atoms with van der Waals surface area (Å²) >= 11 is 0. The van der Waals surface area contributed by atoms with E-state index in [4.69, 9.17) is 4.74 Å². The van der Waals surface area contributed by atoms with Gasteiger partial charge in [0.15, 0.2) is 5.78 Å². The summed E-state index contributed by atoms with van der Waals surface area (Å²) in [4.78, 5) is 32.8. The number of nitrogens with zero attached hydrogens (tertiary/aromatic N) is 3. The lowest BCUT2D eigenvalue weighted by Gasteiger charge is -2.20. The number of aliphatic hydroxyl groups excluding tert-OH is 1. The minimum atomic E-state index is -3.66. The molecule has 0 bridgehead atoms. The largest absolute Gasteiger partial charge is 0.466 e. The van der Waals surface area contributed by atoms with Gasteiger partial charge in [-0.25, -0.2) is 27.1 Å². The number of rotatable bonds is 11. The van der Waals surface area contributed by atoms with Crippen LogP contribution >= 0.6 is 0 Å². The molecule has 1 heterocycles. The maximum Gasteiger partial charge on any atom is 0.308 e. The molecule has 190 valence electrons. The summed E-state index contributed by atoms with van der Waals surface area (Å²) in [7, 11) is -2.33. The smallest absolute Gasteiger partial charge is 0.308 e. The van der Waals surface area contributed by atoms with Gasteiger partial charge in [-0.2, -0.15) is 0 Å². The molecule has 2 aromatic rings. The van der Waals surface area contributed by atoms with Gasteiger partial charge in [0.25, 0.3) is 0 Å². The van der Waals surface area contributed by atoms with E-state index >= 15 is 0 Å². The van der Waals surface area contributed by atoms with Gasteiger partial charge < -0.3 is 9.84 Å². The zero-order valence-electron chi connectivity index (χ0n) is 20.4. The zero-order valence-corrected chi connectivity index (χ0v) is 21.2. The predicted octanol–water partition coefficient (Wildman–Crippen LogP) is 3.09. The van der Waals surface area contributed by atoms with Crippen molar-refractivity contribution in [1.82, 2.24) is 9.97 Å². The molecule has 2 rings (SSSR count). The number of halogens is 1. The van der Waals surface area contributed by atoms with Crippen LogP contribution in [0.5, 0.6) is 0 Å². The number of sulfonamides is 1. The van der Waals surface area contributed by atoms with E-state index in [9.17, 15) is 27.5 Å². The number of anilines is 1. The summed E-state index contributed by atoms with van der Waals surface area (Å²) in [5, 5.41) is 10.0. The predicted molar refractivity (Wildman–Crippen MR) is 131 cm³/mol. The zero-order chi connectivity index (χ0) is 26.3. The first-order valence-corrected chi connectivity index (χ1v) is 12.8. The van der Waals surface area contributed by atoms with Crippen LogP contribution in [-0.4, -0.2) is 61.3 Å². The number of hydrogen-bond acceptors (Lipinski definition) is 8. The summed E-state index contributed by atoms with van der Waals surface area (Å²) in [6, 6.07) is 5.48. The van der Waals surface area contributed by atoms with Crippen LogP contribution in [0.1, 0.15) is 50.8 Å². The van der Waals surface area contributed by atoms with Crippen molar-refractivity contribution in [2.24, 2.45) is 0 Å². The molecule has 0 saturated heterocycles. The molecule has 0 amide bonds. The second-order valence-corrected chi connectivity index (χ2v) is 10.2. The number of ether oxygens (including phenoxy) is 1. The number of benzene rings is 1. The highest BCUT2D eigenvalue weighted by Gasteiger charge is 2.22. The summed E-state index contributed by atoms with van der Waals surface area (Å²) in [5.74, 6) is -1.75. The Balaban J connectivity index is 2.53. The maximum absolute atomic E-state index is 13.6. The van der Waals surface area contributed by atoms with Crippen LogP contribution in [-0.2, 0) is 24.3 Å². The number of ketones is 1. The van der Waals surface area contributed by atoms with Crippen LogP contribution in [0.4, 0.5) is 10.3 Å². The molecule has 35 heavy (non-hydrogen) atoms. The van der Waals surface area contributed by atoms with Gasteiger partial charge in [0.2, 0.25) is 16.0 Å². The van der Waals surface area contributed by atoms with Gasteiger partial charge in [-0.15, -0.1) is 0 Å². The first kappa shape index (κ1) is 28.1. The van der Waals surface area contributed by atoms with Gasteiger partial charge in [-0.05, 0) is 49.3 Å². The first-order valence-electron chi connectivity index (χ1n) is 11.0. The number of carbonyl (C=O) groups excluding carboxylic acids is 2. The molecule has 0 aliphatic rings. The van der Waals surface area contributed by atoms with E-state index in [2.05, 4.69) is 9.97 Å². The Bertz CT molecular complexity index is 1200. The molecule has 1 N–H and O–H groups in total. The van der Waals surface area contributed by atoms with E-state index < -0.39 is 33.7 Å². The van der Waals surface area contributed by atoms with Gasteiger partial charge in [0.05, 0.1) is 36.8 Å². The van der Waals surface area contributed by atoms with Gasteiger partial charge in [-0.3, -0.25) is 9.59 Å². The van der Waals surface area contributed by atoms with Gasteiger partial charge in [0, 0.05) is 24.6 Å². The molecule has 0 aliphatic heterocycles. The topological polar surface area (TPSA) is 127 Å². The lowest BCUT2D eigenvalue weighted by molar-refractivity contribution is -0.145. The molecule has 11 heteroatoms. The van der Waals surface area contributed by atoms with Crippen molar-refractivity contribution in [2.45, 2.75) is 45.6 Å². The van der Waals surface area contributed by atoms with Crippen molar-refractivity contribution in [3.05, 3.63) is 47.4 Å². The summed E-state index contributed by atoms with van der Waals surface area (Å²) in [6.45, 7) is 5.52. The molecule has 0 aliphatic carbocycles. The molecule has 0 unspecified atom stereocenters. The van der Waals surface area contributed by atoms with E-state index in [0.717, 1.165) is 10.6 Å². The lowest BCUT2D eigenvalue weighted by Crippen LogP contribution is -2.27. The van der Waals surface area contributed by atoms with E-state index in [0.29, 0.717) is 22.5 Å². The van der Waals surface area contributed by atoms with Crippen LogP contribution in [0.2, 0.25) is 0 Å². The molecular formula is C24H30FN3O6S. The fraction of sp³-hybridized carbons (Fsp3) is 0.417. The Morgan fingerprint density at radius 2 is 1.80 bits per heavy atom. The number of esters is 1. The molecular weight excluding hydrogens is 477 g/mol. The van der Waals surface area contributed by atoms with Crippen molar-refractivity contribution in [2.75, 3.05) is 24.2 Å². The number of allylic oxidation sites excluding steroid dienone is 1. The highest BCUT2D eigenvalue weighted by Crippen LogP contribution is 2.31. The average Bonchev–Trinajstić information content (AvgIpc) is 2.76. The highest BCUT2D eigenvalue weighted by atomic mass is 32.2. The van der Waals surface area contributed by atoms with Crippen molar-refractivity contribution in [3.8, 4) is 11.3 Å². The Hall–Kier alpha value is -3.18. The second kappa shape index (κ2) is 12.0. The molecule has 9 nitrogen and oxygen atoms in total. The second-order valence-electron chi connectivity index (χ2n) is 8.23. The number of aliphatic hydroxyl groups is 1. The Morgan fingerprint density at radius 3 is 2.34 bits per heavy atom. The van der Waals surface area contributed by atoms with Crippen LogP contribution in [0.3, 0.4) is 0 Å². The van der Waals surface area contributed by atoms with Gasteiger partial charge in [0.1, 0.15) is 5.82 Å². The first-order chi connectivity index (χ1) is 16.3. The third-order valence-corrected chi connectivity index (χ3v) is 6.15. The van der Waals surface area contributed by atoms with E-state index in [-0.39, 0.29) is 31.3 Å². The molecule has 0 radical (unpaired) electrons. The van der Waals surface area contributed by atoms with Crippen molar-refractivity contribution in [1.29, 1.82) is 0 Å². The highest BCUT2D eigenvalue weighted by molar-refractivity contribution is 7.92. The summed E-state index contributed by atoms with van der Waals surface area (Å²) in [5.41, 5.74) is 1.73. The lowest BCUT2D eigenvalue weighted by atomic mass is 9.97. The Kier molecular flexibility index (Phi) is 9.61. The van der Waals surface area contributed by atoms with Gasteiger partial charge >= 0.3 is 5.97 Å². The summed E-state index contributed by atoms with van der Waals surface area (Å²) in [6.07, 6.45) is 1.95. The molecule has 0 spiro atoms. The molecule has 0 fully saturated rings. The molecule has 1 atom stereocenters. The monoisotopic (exact) mass is 507 g/mol. The van der Waals surface area contributed by atoms with Crippen LogP contribution in [0.25, 0.3) is 17.3 Å². The fourth-order valence-corrected chi connectivity index (χ4v) is 3.54. The summed E-state index contributed by atoms with van der Waals surface area (Å²) < 4.78 is 43.5. The standard InChI is InChI=1S/C24H30FN3O6S/c1-6-34-21(31)14-19(30)13-18(29)11-12-20-22(15(2)3)26-24(28(4)35(5,32)33)27-23(20)16-7-9-17(25)10-8-16/h7-12,15,19,30H,6,13-14H2,1-5H3/b12-11+/t19-/m1/s1. The van der Waals surface area contributed by atoms with E-state index in [1.807, 2.05) is 13.8 Å². The minimum absolute atomic E-state index is 0.0659. The van der Waals surface area contributed by atoms with Crippen molar-refractivity contribution in [3.63, 3.8) is 0 Å². The van der Waals surface area contributed by atoms with E-state index in [1.54, 1.807) is 6.92 Å². The number of hydrogen-bond donors (Lipinski definition) is 1. The Labute approximate surface area is 204 Å². The van der Waals surface area contributed by atoms with Crippen molar-refractivity contribution < 1.29 is 32.2 Å².